The number of carbonyl (C=O) groups excluding carboxylic acids is 1. The van der Waals surface area contributed by atoms with Crippen molar-refractivity contribution in [2.24, 2.45) is 0 Å². The van der Waals surface area contributed by atoms with Gasteiger partial charge in [0.15, 0.2) is 0 Å². The smallest absolute Gasteiger partial charge is 0.123 e. The lowest BCUT2D eigenvalue weighted by atomic mass is 10.1. The zero-order valence-corrected chi connectivity index (χ0v) is 10.4. The number of hydrogen-bond donors (Lipinski definition) is 1. The highest BCUT2D eigenvalue weighted by Crippen LogP contribution is 2.10. The van der Waals surface area contributed by atoms with Gasteiger partial charge in [0.25, 0.3) is 0 Å². The Hall–Kier alpha value is -1.46. The maximum Gasteiger partial charge on any atom is 0.123 e. The summed E-state index contributed by atoms with van der Waals surface area (Å²) in [6.07, 6.45) is 0.487. The highest BCUT2D eigenvalue weighted by Gasteiger charge is 2.02. The summed E-state index contributed by atoms with van der Waals surface area (Å²) in [5, 5.41) is 12.7. The zero-order valence-electron chi connectivity index (χ0n) is 10.4. The van der Waals surface area contributed by atoms with Crippen LogP contribution in [0.15, 0.2) is 18.2 Å². The van der Waals surface area contributed by atoms with Crippen LogP contribution in [0.2, 0.25) is 0 Å². The number of carboxylic acid groups (broad SMARTS) is 1. The molecule has 0 amide bonds. The molecule has 0 aliphatic carbocycles. The molecule has 0 aromatic heterocycles. The van der Waals surface area contributed by atoms with Gasteiger partial charge < -0.3 is 20.0 Å². The molecule has 1 aromatic carbocycles. The SMILES string of the molecule is C1COCC[NH2+]1.CCc1cc(F)ccc1C(=O)[O-]. The van der Waals surface area contributed by atoms with Crippen LogP contribution in [0.3, 0.4) is 0 Å². The van der Waals surface area contributed by atoms with E-state index in [2.05, 4.69) is 5.32 Å². The van der Waals surface area contributed by atoms with Crippen LogP contribution < -0.4 is 10.4 Å². The number of carboxylic acids is 1. The molecule has 1 saturated heterocycles. The Labute approximate surface area is 106 Å². The van der Waals surface area contributed by atoms with Crippen molar-refractivity contribution < 1.29 is 24.3 Å². The molecule has 2 N–H and O–H groups in total. The minimum Gasteiger partial charge on any atom is -0.545 e. The van der Waals surface area contributed by atoms with E-state index in [9.17, 15) is 14.3 Å². The van der Waals surface area contributed by atoms with Crippen LogP contribution >= 0.6 is 0 Å². The van der Waals surface area contributed by atoms with Gasteiger partial charge in [-0.3, -0.25) is 0 Å². The van der Waals surface area contributed by atoms with Crippen molar-refractivity contribution in [2.75, 3.05) is 26.3 Å². The molecule has 0 saturated carbocycles. The number of aryl methyl sites for hydroxylation is 1. The summed E-state index contributed by atoms with van der Waals surface area (Å²) in [6.45, 7) is 5.96. The number of aromatic carboxylic acids is 1. The van der Waals surface area contributed by atoms with Crippen LogP contribution in [0, 0.1) is 5.82 Å². The Morgan fingerprint density at radius 1 is 1.44 bits per heavy atom. The Morgan fingerprint density at radius 3 is 2.50 bits per heavy atom. The fourth-order valence-corrected chi connectivity index (χ4v) is 1.63. The minimum atomic E-state index is -1.26. The fourth-order valence-electron chi connectivity index (χ4n) is 1.63. The first kappa shape index (κ1) is 14.6. The molecule has 1 aliphatic heterocycles. The first-order valence-electron chi connectivity index (χ1n) is 6.04. The van der Waals surface area contributed by atoms with Gasteiger partial charge in [-0.25, -0.2) is 4.39 Å². The average Bonchev–Trinajstić information content (AvgIpc) is 2.41. The van der Waals surface area contributed by atoms with Crippen LogP contribution in [0.25, 0.3) is 0 Å². The molecule has 0 bridgehead atoms. The van der Waals surface area contributed by atoms with Crippen molar-refractivity contribution in [3.05, 3.63) is 35.1 Å². The van der Waals surface area contributed by atoms with E-state index in [0.29, 0.717) is 12.0 Å². The number of carbonyl (C=O) groups is 1. The molecule has 4 nitrogen and oxygen atoms in total. The van der Waals surface area contributed by atoms with Crippen molar-refractivity contribution in [3.63, 3.8) is 0 Å². The van der Waals surface area contributed by atoms with Gasteiger partial charge in [-0.2, -0.15) is 0 Å². The summed E-state index contributed by atoms with van der Waals surface area (Å²) in [6, 6.07) is 3.55. The number of morpholine rings is 1. The van der Waals surface area contributed by atoms with Gasteiger partial charge in [0, 0.05) is 5.56 Å². The van der Waals surface area contributed by atoms with E-state index < -0.39 is 11.8 Å². The fraction of sp³-hybridized carbons (Fsp3) is 0.462. The number of nitrogens with two attached hydrogens (primary N) is 1. The van der Waals surface area contributed by atoms with E-state index in [-0.39, 0.29) is 5.56 Å². The quantitative estimate of drug-likeness (QED) is 0.762. The number of benzene rings is 1. The van der Waals surface area contributed by atoms with Crippen molar-refractivity contribution in [3.8, 4) is 0 Å². The number of ether oxygens (including phenoxy) is 1. The van der Waals surface area contributed by atoms with E-state index in [1.54, 1.807) is 6.92 Å². The van der Waals surface area contributed by atoms with Crippen LogP contribution in [-0.2, 0) is 11.2 Å². The summed E-state index contributed by atoms with van der Waals surface area (Å²) in [5.41, 5.74) is 0.536. The summed E-state index contributed by atoms with van der Waals surface area (Å²) in [4.78, 5) is 10.5. The van der Waals surface area contributed by atoms with E-state index in [4.69, 9.17) is 4.74 Å². The molecule has 1 aliphatic rings. The minimum absolute atomic E-state index is 0.0684. The van der Waals surface area contributed by atoms with Crippen molar-refractivity contribution in [1.82, 2.24) is 0 Å². The molecule has 1 fully saturated rings. The van der Waals surface area contributed by atoms with E-state index in [1.165, 1.54) is 12.1 Å². The maximum atomic E-state index is 12.6. The first-order valence-corrected chi connectivity index (χ1v) is 6.04. The molecule has 2 rings (SSSR count). The molecule has 0 spiro atoms. The number of quaternary nitrogens is 1. The number of hydrogen-bond acceptors (Lipinski definition) is 3. The normalized spacial score (nSPS) is 14.6. The van der Waals surface area contributed by atoms with Gasteiger partial charge in [0.2, 0.25) is 0 Å². The zero-order chi connectivity index (χ0) is 13.4. The standard InChI is InChI=1S/C9H9FO2.C4H9NO/c1-2-6-5-7(10)3-4-8(6)9(11)12;1-3-6-4-2-5-1/h3-5H,2H2,1H3,(H,11,12);5H,1-4H2. The summed E-state index contributed by atoms with van der Waals surface area (Å²) < 4.78 is 17.6. The van der Waals surface area contributed by atoms with E-state index in [1.807, 2.05) is 0 Å². The average molecular weight is 255 g/mol. The second kappa shape index (κ2) is 7.79. The van der Waals surface area contributed by atoms with Crippen molar-refractivity contribution >= 4 is 5.97 Å². The molecule has 100 valence electrons. The largest absolute Gasteiger partial charge is 0.545 e. The molecule has 1 aromatic rings. The molecular weight excluding hydrogens is 237 g/mol. The van der Waals surface area contributed by atoms with E-state index >= 15 is 0 Å². The summed E-state index contributed by atoms with van der Waals surface area (Å²) in [5.74, 6) is -1.68. The molecule has 5 heteroatoms. The van der Waals surface area contributed by atoms with Gasteiger partial charge in [0.05, 0.1) is 32.3 Å². The van der Waals surface area contributed by atoms with Crippen LogP contribution in [0.5, 0.6) is 0 Å². The molecule has 0 unspecified atom stereocenters. The van der Waals surface area contributed by atoms with Gasteiger partial charge >= 0.3 is 0 Å². The van der Waals surface area contributed by atoms with Crippen LogP contribution in [0.1, 0.15) is 22.8 Å². The second-order valence-electron chi connectivity index (χ2n) is 3.92. The van der Waals surface area contributed by atoms with E-state index in [0.717, 1.165) is 32.4 Å². The lowest BCUT2D eigenvalue weighted by Crippen LogP contribution is -2.87. The molecule has 18 heavy (non-hydrogen) atoms. The van der Waals surface area contributed by atoms with Gasteiger partial charge in [-0.15, -0.1) is 0 Å². The predicted molar refractivity (Wildman–Crippen MR) is 62.6 cm³/mol. The molecular formula is C13H18FNO3. The van der Waals surface area contributed by atoms with Crippen LogP contribution in [-0.4, -0.2) is 32.3 Å². The van der Waals surface area contributed by atoms with Gasteiger partial charge in [0.1, 0.15) is 5.82 Å². The lowest BCUT2D eigenvalue weighted by Gasteiger charge is -2.07. The first-order chi connectivity index (χ1) is 8.65. The third-order valence-corrected chi connectivity index (χ3v) is 2.60. The predicted octanol–water partition coefficient (Wildman–Crippen LogP) is -0.668. The van der Waals surface area contributed by atoms with Crippen molar-refractivity contribution in [2.45, 2.75) is 13.3 Å². The molecule has 0 atom stereocenters. The maximum absolute atomic E-state index is 12.6. The summed E-state index contributed by atoms with van der Waals surface area (Å²) in [7, 11) is 0. The Bertz CT molecular complexity index is 380. The molecule has 0 radical (unpaired) electrons. The van der Waals surface area contributed by atoms with Gasteiger partial charge in [-0.1, -0.05) is 6.92 Å². The summed E-state index contributed by atoms with van der Waals surface area (Å²) >= 11 is 0. The number of rotatable bonds is 2. The Morgan fingerprint density at radius 2 is 2.11 bits per heavy atom. The van der Waals surface area contributed by atoms with Gasteiger partial charge in [-0.05, 0) is 30.2 Å². The second-order valence-corrected chi connectivity index (χ2v) is 3.92. The highest BCUT2D eigenvalue weighted by molar-refractivity contribution is 5.87. The highest BCUT2D eigenvalue weighted by atomic mass is 19.1. The van der Waals surface area contributed by atoms with Crippen molar-refractivity contribution in [1.29, 1.82) is 0 Å². The Kier molecular flexibility index (Phi) is 6.32. The topological polar surface area (TPSA) is 66.0 Å². The monoisotopic (exact) mass is 255 g/mol. The third kappa shape index (κ3) is 4.81. The Balaban J connectivity index is 0.000000225. The third-order valence-electron chi connectivity index (χ3n) is 2.60. The lowest BCUT2D eigenvalue weighted by molar-refractivity contribution is -0.670. The van der Waals surface area contributed by atoms with Crippen LogP contribution in [0.4, 0.5) is 4.39 Å². The number of halogens is 1. The molecule has 1 heterocycles.